The maximum Gasteiger partial charge on any atom is 0.306 e. The van der Waals surface area contributed by atoms with Crippen molar-refractivity contribution in [1.82, 2.24) is 0 Å². The molecule has 0 aliphatic carbocycles. The molecule has 0 spiro atoms. The van der Waals surface area contributed by atoms with Crippen LogP contribution in [0, 0.1) is 0 Å². The molecule has 0 saturated heterocycles. The quantitative estimate of drug-likeness (QED) is 0.0349. The zero-order valence-corrected chi connectivity index (χ0v) is 37.7. The third-order valence-electron chi connectivity index (χ3n) is 10.7. The zero-order valence-electron chi connectivity index (χ0n) is 37.7. The third-order valence-corrected chi connectivity index (χ3v) is 10.7. The number of hydrogen-bond donors (Lipinski definition) is 0. The summed E-state index contributed by atoms with van der Waals surface area (Å²) in [5, 5.41) is 0. The normalized spacial score (nSPS) is 12.4. The molecule has 5 nitrogen and oxygen atoms in total. The number of allylic oxidation sites excluding steroid dienone is 6. The maximum absolute atomic E-state index is 12.7. The van der Waals surface area contributed by atoms with Crippen LogP contribution in [0.15, 0.2) is 36.5 Å². The predicted octanol–water partition coefficient (Wildman–Crippen LogP) is 16.2. The topological polar surface area (TPSA) is 61.8 Å². The number of rotatable bonds is 45. The Kier molecular flexibility index (Phi) is 45.9. The van der Waals surface area contributed by atoms with E-state index in [4.69, 9.17) is 14.2 Å². The van der Waals surface area contributed by atoms with Gasteiger partial charge in [0.25, 0.3) is 0 Å². The second kappa shape index (κ2) is 47.5. The van der Waals surface area contributed by atoms with Gasteiger partial charge in [-0.05, 0) is 51.4 Å². The molecule has 0 radical (unpaired) electrons. The second-order valence-corrected chi connectivity index (χ2v) is 16.4. The van der Waals surface area contributed by atoms with Crippen LogP contribution >= 0.6 is 0 Å². The van der Waals surface area contributed by atoms with Gasteiger partial charge in [-0.2, -0.15) is 0 Å². The Bertz CT molecular complexity index is 893. The van der Waals surface area contributed by atoms with Gasteiger partial charge >= 0.3 is 11.9 Å². The molecule has 0 aromatic rings. The van der Waals surface area contributed by atoms with E-state index >= 15 is 0 Å². The van der Waals surface area contributed by atoms with E-state index < -0.39 is 6.10 Å². The lowest BCUT2D eigenvalue weighted by molar-refractivity contribution is -0.163. The molecule has 1 unspecified atom stereocenters. The molecule has 0 N–H and O–H groups in total. The molecular weight excluding hydrogens is 693 g/mol. The Labute approximate surface area is 349 Å². The summed E-state index contributed by atoms with van der Waals surface area (Å²) in [6.07, 6.45) is 55.7. The monoisotopic (exact) mass is 787 g/mol. The molecular formula is C51H94O5. The van der Waals surface area contributed by atoms with Crippen LogP contribution in [-0.2, 0) is 23.8 Å². The van der Waals surface area contributed by atoms with Gasteiger partial charge in [-0.1, -0.05) is 224 Å². The lowest BCUT2D eigenvalue weighted by Crippen LogP contribution is -2.30. The number of carbonyl (C=O) groups excluding carboxylic acids is 2. The van der Waals surface area contributed by atoms with Crippen molar-refractivity contribution in [3.8, 4) is 0 Å². The van der Waals surface area contributed by atoms with Crippen LogP contribution in [0.3, 0.4) is 0 Å². The van der Waals surface area contributed by atoms with Gasteiger partial charge in [0.2, 0.25) is 0 Å². The van der Waals surface area contributed by atoms with E-state index in [-0.39, 0.29) is 25.2 Å². The molecule has 0 amide bonds. The van der Waals surface area contributed by atoms with Crippen LogP contribution in [0.5, 0.6) is 0 Å². The van der Waals surface area contributed by atoms with Crippen LogP contribution in [0.4, 0.5) is 0 Å². The smallest absolute Gasteiger partial charge is 0.306 e. The molecule has 0 aliphatic heterocycles. The molecule has 0 aliphatic rings. The summed E-state index contributed by atoms with van der Waals surface area (Å²) in [4.78, 5) is 25.3. The fourth-order valence-corrected chi connectivity index (χ4v) is 7.05. The van der Waals surface area contributed by atoms with Gasteiger partial charge in [-0.25, -0.2) is 0 Å². The van der Waals surface area contributed by atoms with E-state index in [1.54, 1.807) is 0 Å². The average molecular weight is 787 g/mol. The van der Waals surface area contributed by atoms with Crippen LogP contribution in [0.25, 0.3) is 0 Å². The standard InChI is InChI=1S/C51H94O5/c1-4-7-10-13-16-19-22-24-25-26-28-31-34-37-40-43-46-54-47-49(56-51(53)45-42-39-36-33-29-21-18-15-12-9-6-3)48-55-50(52)44-41-38-35-32-30-27-23-20-17-14-11-8-5-2/h7,10,16,19,24-25,49H,4-6,8-9,11-15,17-18,20-23,26-48H2,1-3H3/b10-7-,19-16-,25-24-. The first-order valence-electron chi connectivity index (χ1n) is 24.5. The van der Waals surface area contributed by atoms with Crippen molar-refractivity contribution < 1.29 is 23.8 Å². The molecule has 0 fully saturated rings. The van der Waals surface area contributed by atoms with Gasteiger partial charge in [-0.15, -0.1) is 0 Å². The van der Waals surface area contributed by atoms with E-state index in [2.05, 4.69) is 57.2 Å². The molecule has 0 saturated carbocycles. The molecule has 56 heavy (non-hydrogen) atoms. The van der Waals surface area contributed by atoms with Gasteiger partial charge in [0.15, 0.2) is 6.10 Å². The van der Waals surface area contributed by atoms with Crippen LogP contribution in [0.2, 0.25) is 0 Å². The van der Waals surface area contributed by atoms with Crippen molar-refractivity contribution in [2.24, 2.45) is 0 Å². The fraction of sp³-hybridized carbons (Fsp3) is 0.843. The Morgan fingerprint density at radius 2 is 0.804 bits per heavy atom. The summed E-state index contributed by atoms with van der Waals surface area (Å²) in [5.41, 5.74) is 0. The number of unbranched alkanes of at least 4 members (excludes halogenated alkanes) is 28. The number of carbonyl (C=O) groups is 2. The summed E-state index contributed by atoms with van der Waals surface area (Å²) in [7, 11) is 0. The maximum atomic E-state index is 12.7. The molecule has 0 aromatic heterocycles. The van der Waals surface area contributed by atoms with Crippen LogP contribution < -0.4 is 0 Å². The first-order chi connectivity index (χ1) is 27.6. The average Bonchev–Trinajstić information content (AvgIpc) is 3.20. The highest BCUT2D eigenvalue weighted by atomic mass is 16.6. The van der Waals surface area contributed by atoms with E-state index in [1.807, 2.05) is 0 Å². The zero-order chi connectivity index (χ0) is 40.7. The summed E-state index contributed by atoms with van der Waals surface area (Å²) in [6.45, 7) is 7.72. The second-order valence-electron chi connectivity index (χ2n) is 16.4. The largest absolute Gasteiger partial charge is 0.462 e. The summed E-state index contributed by atoms with van der Waals surface area (Å²) >= 11 is 0. The van der Waals surface area contributed by atoms with Crippen molar-refractivity contribution in [2.75, 3.05) is 19.8 Å². The first-order valence-corrected chi connectivity index (χ1v) is 24.5. The highest BCUT2D eigenvalue weighted by molar-refractivity contribution is 5.70. The van der Waals surface area contributed by atoms with Crippen molar-refractivity contribution in [1.29, 1.82) is 0 Å². The summed E-state index contributed by atoms with van der Waals surface area (Å²) in [5.74, 6) is -0.393. The molecule has 0 heterocycles. The first kappa shape index (κ1) is 54.1. The summed E-state index contributed by atoms with van der Waals surface area (Å²) in [6, 6.07) is 0. The Morgan fingerprint density at radius 1 is 0.411 bits per heavy atom. The van der Waals surface area contributed by atoms with Crippen LogP contribution in [-0.4, -0.2) is 37.9 Å². The molecule has 1 atom stereocenters. The molecule has 0 aromatic carbocycles. The number of esters is 2. The Hall–Kier alpha value is -1.88. The summed E-state index contributed by atoms with van der Waals surface area (Å²) < 4.78 is 17.4. The SMILES string of the molecule is CC/C=C\C/C=C\C/C=C\CCCCCCCCOCC(COC(=O)CCCCCCCCCCCCCCC)OC(=O)CCCCCCCCCCCCC. The van der Waals surface area contributed by atoms with Gasteiger partial charge in [-0.3, -0.25) is 9.59 Å². The molecule has 328 valence electrons. The molecule has 0 rings (SSSR count). The Balaban J connectivity index is 4.23. The number of hydrogen-bond acceptors (Lipinski definition) is 5. The van der Waals surface area contributed by atoms with Gasteiger partial charge in [0.05, 0.1) is 6.61 Å². The van der Waals surface area contributed by atoms with E-state index in [0.29, 0.717) is 19.4 Å². The van der Waals surface area contributed by atoms with Crippen molar-refractivity contribution in [3.63, 3.8) is 0 Å². The van der Waals surface area contributed by atoms with Gasteiger partial charge in [0.1, 0.15) is 6.61 Å². The van der Waals surface area contributed by atoms with Crippen molar-refractivity contribution in [2.45, 2.75) is 258 Å². The van der Waals surface area contributed by atoms with Gasteiger partial charge < -0.3 is 14.2 Å². The predicted molar refractivity (Wildman–Crippen MR) is 242 cm³/mol. The van der Waals surface area contributed by atoms with Crippen molar-refractivity contribution in [3.05, 3.63) is 36.5 Å². The highest BCUT2D eigenvalue weighted by Gasteiger charge is 2.17. The van der Waals surface area contributed by atoms with E-state index in [9.17, 15) is 9.59 Å². The van der Waals surface area contributed by atoms with E-state index in [1.165, 1.54) is 154 Å². The third kappa shape index (κ3) is 44.8. The number of ether oxygens (including phenoxy) is 3. The fourth-order valence-electron chi connectivity index (χ4n) is 7.05. The van der Waals surface area contributed by atoms with Crippen molar-refractivity contribution >= 4 is 11.9 Å². The molecule has 5 heteroatoms. The minimum absolute atomic E-state index is 0.0856. The lowest BCUT2D eigenvalue weighted by atomic mass is 10.0. The van der Waals surface area contributed by atoms with Gasteiger partial charge in [0, 0.05) is 19.4 Å². The highest BCUT2D eigenvalue weighted by Crippen LogP contribution is 2.15. The molecule has 0 bridgehead atoms. The minimum Gasteiger partial charge on any atom is -0.462 e. The minimum atomic E-state index is -0.535. The Morgan fingerprint density at radius 3 is 1.29 bits per heavy atom. The van der Waals surface area contributed by atoms with Crippen LogP contribution in [0.1, 0.15) is 252 Å². The van der Waals surface area contributed by atoms with E-state index in [0.717, 1.165) is 64.2 Å². The lowest BCUT2D eigenvalue weighted by Gasteiger charge is -2.18.